The lowest BCUT2D eigenvalue weighted by molar-refractivity contribution is -0.121. The van der Waals surface area contributed by atoms with E-state index in [0.717, 1.165) is 21.5 Å². The molecular weight excluding hydrogens is 278 g/mol. The molecule has 3 aromatic rings. The van der Waals surface area contributed by atoms with E-state index in [9.17, 15) is 15.0 Å². The number of fused-ring (bicyclic) bond motifs is 2. The molecule has 0 aliphatic heterocycles. The van der Waals surface area contributed by atoms with Crippen LogP contribution in [0.4, 0.5) is 0 Å². The Morgan fingerprint density at radius 2 is 1.45 bits per heavy atom. The van der Waals surface area contributed by atoms with Crippen molar-refractivity contribution in [3.05, 3.63) is 60.2 Å². The third-order valence-corrected chi connectivity index (χ3v) is 3.88. The van der Waals surface area contributed by atoms with Gasteiger partial charge in [0.25, 0.3) is 0 Å². The minimum absolute atomic E-state index is 0.279. The highest BCUT2D eigenvalue weighted by Gasteiger charge is 2.24. The van der Waals surface area contributed by atoms with E-state index in [1.807, 2.05) is 54.6 Å². The van der Waals surface area contributed by atoms with E-state index in [4.69, 9.17) is 5.73 Å². The van der Waals surface area contributed by atoms with Gasteiger partial charge in [-0.3, -0.25) is 4.79 Å². The second-order valence-electron chi connectivity index (χ2n) is 5.42. The molecule has 4 nitrogen and oxygen atoms in total. The summed E-state index contributed by atoms with van der Waals surface area (Å²) < 4.78 is 0. The number of rotatable bonds is 4. The molecule has 4 N–H and O–H groups in total. The van der Waals surface area contributed by atoms with E-state index in [0.29, 0.717) is 5.56 Å². The number of aliphatic hydroxyl groups excluding tert-OH is 2. The lowest BCUT2D eigenvalue weighted by Crippen LogP contribution is -2.26. The number of hydrogen-bond acceptors (Lipinski definition) is 3. The van der Waals surface area contributed by atoms with Gasteiger partial charge in [-0.2, -0.15) is 0 Å². The SMILES string of the molecule is NC(=O)CC(O)C(O)c1c2ccccc2cc2ccccc12. The quantitative estimate of drug-likeness (QED) is 0.646. The summed E-state index contributed by atoms with van der Waals surface area (Å²) in [5, 5.41) is 24.4. The summed E-state index contributed by atoms with van der Waals surface area (Å²) in [5.41, 5.74) is 5.75. The van der Waals surface area contributed by atoms with Gasteiger partial charge in [0.15, 0.2) is 0 Å². The number of nitrogens with two attached hydrogens (primary N) is 1. The molecule has 2 unspecified atom stereocenters. The minimum Gasteiger partial charge on any atom is -0.390 e. The maximum absolute atomic E-state index is 11.0. The molecule has 3 rings (SSSR count). The first-order valence-corrected chi connectivity index (χ1v) is 7.13. The molecule has 0 aliphatic carbocycles. The molecule has 112 valence electrons. The fourth-order valence-corrected chi connectivity index (χ4v) is 2.88. The molecule has 4 heteroatoms. The molecule has 0 heterocycles. The number of hydrogen-bond donors (Lipinski definition) is 3. The van der Waals surface area contributed by atoms with Gasteiger partial charge < -0.3 is 15.9 Å². The summed E-state index contributed by atoms with van der Waals surface area (Å²) in [6, 6.07) is 17.4. The van der Waals surface area contributed by atoms with Crippen molar-refractivity contribution >= 4 is 27.5 Å². The van der Waals surface area contributed by atoms with Gasteiger partial charge in [0.1, 0.15) is 6.10 Å². The van der Waals surface area contributed by atoms with Crippen molar-refractivity contribution in [2.75, 3.05) is 0 Å². The van der Waals surface area contributed by atoms with Crippen molar-refractivity contribution in [1.82, 2.24) is 0 Å². The zero-order chi connectivity index (χ0) is 15.7. The van der Waals surface area contributed by atoms with Crippen LogP contribution in [0.15, 0.2) is 54.6 Å². The van der Waals surface area contributed by atoms with Crippen LogP contribution in [0.5, 0.6) is 0 Å². The van der Waals surface area contributed by atoms with Crippen LogP contribution >= 0.6 is 0 Å². The monoisotopic (exact) mass is 295 g/mol. The maximum Gasteiger partial charge on any atom is 0.220 e. The normalized spacial score (nSPS) is 14.1. The summed E-state index contributed by atoms with van der Waals surface area (Å²) in [4.78, 5) is 11.0. The number of primary amides is 1. The topological polar surface area (TPSA) is 83.6 Å². The van der Waals surface area contributed by atoms with E-state index < -0.39 is 18.1 Å². The van der Waals surface area contributed by atoms with Crippen LogP contribution in [0.25, 0.3) is 21.5 Å². The summed E-state index contributed by atoms with van der Waals surface area (Å²) in [6.07, 6.45) is -2.69. The van der Waals surface area contributed by atoms with Crippen molar-refractivity contribution in [3.8, 4) is 0 Å². The van der Waals surface area contributed by atoms with E-state index in [-0.39, 0.29) is 6.42 Å². The molecule has 1 amide bonds. The lowest BCUT2D eigenvalue weighted by Gasteiger charge is -2.21. The average Bonchev–Trinajstić information content (AvgIpc) is 2.51. The summed E-state index contributed by atoms with van der Waals surface area (Å²) in [5.74, 6) is -0.643. The smallest absolute Gasteiger partial charge is 0.220 e. The van der Waals surface area contributed by atoms with E-state index >= 15 is 0 Å². The first-order valence-electron chi connectivity index (χ1n) is 7.13. The highest BCUT2D eigenvalue weighted by Crippen LogP contribution is 2.34. The Morgan fingerprint density at radius 1 is 0.955 bits per heavy atom. The van der Waals surface area contributed by atoms with Gasteiger partial charge in [-0.05, 0) is 33.2 Å². The second-order valence-corrected chi connectivity index (χ2v) is 5.42. The highest BCUT2D eigenvalue weighted by atomic mass is 16.3. The van der Waals surface area contributed by atoms with Gasteiger partial charge in [0.05, 0.1) is 12.5 Å². The first kappa shape index (κ1) is 14.5. The largest absolute Gasteiger partial charge is 0.390 e. The van der Waals surface area contributed by atoms with Crippen LogP contribution in [0.2, 0.25) is 0 Å². The summed E-state index contributed by atoms with van der Waals surface area (Å²) in [7, 11) is 0. The lowest BCUT2D eigenvalue weighted by atomic mass is 9.90. The summed E-state index contributed by atoms with van der Waals surface area (Å²) in [6.45, 7) is 0. The Balaban J connectivity index is 2.25. The van der Waals surface area contributed by atoms with Gasteiger partial charge in [-0.15, -0.1) is 0 Å². The van der Waals surface area contributed by atoms with Gasteiger partial charge in [-0.1, -0.05) is 48.5 Å². The predicted octanol–water partition coefficient (Wildman–Crippen LogP) is 2.26. The fraction of sp³-hybridized carbons (Fsp3) is 0.167. The van der Waals surface area contributed by atoms with Crippen LogP contribution in [-0.4, -0.2) is 22.2 Å². The zero-order valence-corrected chi connectivity index (χ0v) is 11.9. The Hall–Kier alpha value is -2.43. The van der Waals surface area contributed by atoms with Crippen molar-refractivity contribution in [3.63, 3.8) is 0 Å². The van der Waals surface area contributed by atoms with Crippen molar-refractivity contribution in [2.45, 2.75) is 18.6 Å². The van der Waals surface area contributed by atoms with Crippen LogP contribution in [0.3, 0.4) is 0 Å². The zero-order valence-electron chi connectivity index (χ0n) is 11.9. The predicted molar refractivity (Wildman–Crippen MR) is 86.2 cm³/mol. The summed E-state index contributed by atoms with van der Waals surface area (Å²) >= 11 is 0. The number of amides is 1. The van der Waals surface area contributed by atoms with Crippen molar-refractivity contribution < 1.29 is 15.0 Å². The fourth-order valence-electron chi connectivity index (χ4n) is 2.88. The Labute approximate surface area is 127 Å². The van der Waals surface area contributed by atoms with E-state index in [2.05, 4.69) is 0 Å². The Kier molecular flexibility index (Phi) is 3.79. The van der Waals surface area contributed by atoms with Gasteiger partial charge in [0, 0.05) is 0 Å². The first-order chi connectivity index (χ1) is 10.6. The molecule has 22 heavy (non-hydrogen) atoms. The van der Waals surface area contributed by atoms with Crippen LogP contribution in [0.1, 0.15) is 18.1 Å². The van der Waals surface area contributed by atoms with Gasteiger partial charge in [0.2, 0.25) is 5.91 Å². The molecule has 0 saturated carbocycles. The van der Waals surface area contributed by atoms with Gasteiger partial charge in [-0.25, -0.2) is 0 Å². The van der Waals surface area contributed by atoms with Crippen LogP contribution in [0, 0.1) is 0 Å². The number of benzene rings is 3. The molecule has 3 aromatic carbocycles. The minimum atomic E-state index is -1.23. The molecule has 0 saturated heterocycles. The third kappa shape index (κ3) is 2.54. The maximum atomic E-state index is 11.0. The molecule has 0 radical (unpaired) electrons. The highest BCUT2D eigenvalue weighted by molar-refractivity contribution is 6.02. The van der Waals surface area contributed by atoms with Crippen molar-refractivity contribution in [1.29, 1.82) is 0 Å². The Bertz CT molecular complexity index is 790. The second kappa shape index (κ2) is 5.75. The number of carbonyl (C=O) groups excluding carboxylic acids is 1. The van der Waals surface area contributed by atoms with Crippen LogP contribution in [-0.2, 0) is 4.79 Å². The average molecular weight is 295 g/mol. The van der Waals surface area contributed by atoms with E-state index in [1.165, 1.54) is 0 Å². The number of carbonyl (C=O) groups is 1. The Morgan fingerprint density at radius 3 is 1.95 bits per heavy atom. The molecule has 0 bridgehead atoms. The molecule has 0 fully saturated rings. The molecule has 0 spiro atoms. The molecule has 0 aromatic heterocycles. The number of aliphatic hydroxyl groups is 2. The van der Waals surface area contributed by atoms with Crippen LogP contribution < -0.4 is 5.73 Å². The molecule has 0 aliphatic rings. The molecule has 2 atom stereocenters. The van der Waals surface area contributed by atoms with Gasteiger partial charge >= 0.3 is 0 Å². The molecular formula is C18H17NO3. The standard InChI is InChI=1S/C18H17NO3/c19-16(21)10-15(20)18(22)17-13-7-3-1-5-11(13)9-12-6-2-4-8-14(12)17/h1-9,15,18,20,22H,10H2,(H2,19,21). The van der Waals surface area contributed by atoms with E-state index in [1.54, 1.807) is 0 Å². The third-order valence-electron chi connectivity index (χ3n) is 3.88. The van der Waals surface area contributed by atoms with Crippen molar-refractivity contribution in [2.24, 2.45) is 5.73 Å².